The van der Waals surface area contributed by atoms with E-state index in [9.17, 15) is 4.79 Å². The fourth-order valence-electron chi connectivity index (χ4n) is 3.64. The summed E-state index contributed by atoms with van der Waals surface area (Å²) < 4.78 is 7.52. The molecule has 2 N–H and O–H groups in total. The molecule has 0 aliphatic heterocycles. The first-order valence-corrected chi connectivity index (χ1v) is 10.1. The number of para-hydroxylation sites is 3. The van der Waals surface area contributed by atoms with Crippen molar-refractivity contribution in [1.82, 2.24) is 14.5 Å². The number of benzene rings is 2. The third-order valence-electron chi connectivity index (χ3n) is 5.08. The number of rotatable bonds is 9. The zero-order valence-corrected chi connectivity index (χ0v) is 16.6. The van der Waals surface area contributed by atoms with E-state index in [4.69, 9.17) is 4.74 Å². The Balaban J connectivity index is 1.45. The van der Waals surface area contributed by atoms with Gasteiger partial charge in [0.2, 0.25) is 11.9 Å². The van der Waals surface area contributed by atoms with Crippen LogP contribution in [-0.2, 0) is 22.5 Å². The standard InChI is InChI=1S/C23H26N4O2/c1-2-29-15-7-14-27-21-11-6-5-10-20(21)25-23(27)26-22(28)13-12-17-16-24-19-9-4-3-8-18(17)19/h3-6,8-11,16,24H,2,7,12-15H2,1H3,(H,25,26,28). The number of aromatic amines is 1. The molecule has 6 nitrogen and oxygen atoms in total. The molecule has 29 heavy (non-hydrogen) atoms. The highest BCUT2D eigenvalue weighted by molar-refractivity contribution is 5.92. The molecule has 150 valence electrons. The summed E-state index contributed by atoms with van der Waals surface area (Å²) in [7, 11) is 0. The summed E-state index contributed by atoms with van der Waals surface area (Å²) in [5.74, 6) is 0.572. The molecule has 0 spiro atoms. The van der Waals surface area contributed by atoms with Crippen LogP contribution < -0.4 is 5.32 Å². The number of carbonyl (C=O) groups is 1. The summed E-state index contributed by atoms with van der Waals surface area (Å²) in [4.78, 5) is 20.5. The van der Waals surface area contributed by atoms with Crippen LogP contribution in [0.15, 0.2) is 54.7 Å². The molecule has 0 atom stereocenters. The number of carbonyl (C=O) groups excluding carboxylic acids is 1. The van der Waals surface area contributed by atoms with Gasteiger partial charge in [-0.25, -0.2) is 4.98 Å². The van der Waals surface area contributed by atoms with Gasteiger partial charge in [-0.1, -0.05) is 30.3 Å². The van der Waals surface area contributed by atoms with Gasteiger partial charge in [-0.2, -0.15) is 0 Å². The molecule has 0 aliphatic rings. The Morgan fingerprint density at radius 1 is 1.17 bits per heavy atom. The van der Waals surface area contributed by atoms with Gasteiger partial charge in [0.05, 0.1) is 11.0 Å². The van der Waals surface area contributed by atoms with Crippen LogP contribution in [0.1, 0.15) is 25.3 Å². The van der Waals surface area contributed by atoms with Gasteiger partial charge in [0.1, 0.15) is 0 Å². The minimum atomic E-state index is -0.0309. The van der Waals surface area contributed by atoms with E-state index in [0.717, 1.165) is 35.1 Å². The van der Waals surface area contributed by atoms with Crippen molar-refractivity contribution in [1.29, 1.82) is 0 Å². The summed E-state index contributed by atoms with van der Waals surface area (Å²) in [6.07, 6.45) is 3.94. The van der Waals surface area contributed by atoms with Crippen LogP contribution in [0.5, 0.6) is 0 Å². The molecule has 0 radical (unpaired) electrons. The topological polar surface area (TPSA) is 71.9 Å². The Morgan fingerprint density at radius 3 is 2.90 bits per heavy atom. The van der Waals surface area contributed by atoms with Gasteiger partial charge < -0.3 is 14.3 Å². The number of anilines is 1. The van der Waals surface area contributed by atoms with Gasteiger partial charge in [-0.15, -0.1) is 0 Å². The van der Waals surface area contributed by atoms with Crippen molar-refractivity contribution in [3.63, 3.8) is 0 Å². The first kappa shape index (κ1) is 19.2. The quantitative estimate of drug-likeness (QED) is 0.413. The van der Waals surface area contributed by atoms with Gasteiger partial charge in [0, 0.05) is 43.3 Å². The van der Waals surface area contributed by atoms with E-state index in [1.54, 1.807) is 0 Å². The van der Waals surface area contributed by atoms with Gasteiger partial charge in [0.15, 0.2) is 0 Å². The van der Waals surface area contributed by atoms with Crippen molar-refractivity contribution in [3.05, 3.63) is 60.3 Å². The molecule has 0 unspecified atom stereocenters. The lowest BCUT2D eigenvalue weighted by Gasteiger charge is -2.10. The highest BCUT2D eigenvalue weighted by Gasteiger charge is 2.14. The van der Waals surface area contributed by atoms with E-state index in [2.05, 4.69) is 25.9 Å². The maximum atomic E-state index is 12.6. The van der Waals surface area contributed by atoms with Crippen molar-refractivity contribution >= 4 is 33.8 Å². The Labute approximate surface area is 169 Å². The molecule has 1 amide bonds. The van der Waals surface area contributed by atoms with Crippen molar-refractivity contribution in [2.24, 2.45) is 0 Å². The van der Waals surface area contributed by atoms with Crippen molar-refractivity contribution in [3.8, 4) is 0 Å². The highest BCUT2D eigenvalue weighted by Crippen LogP contribution is 2.22. The lowest BCUT2D eigenvalue weighted by atomic mass is 10.1. The lowest BCUT2D eigenvalue weighted by molar-refractivity contribution is -0.116. The Kier molecular flexibility index (Phi) is 5.91. The fraction of sp³-hybridized carbons (Fsp3) is 0.304. The average Bonchev–Trinajstić information content (AvgIpc) is 3.31. The van der Waals surface area contributed by atoms with Crippen LogP contribution in [-0.4, -0.2) is 33.7 Å². The van der Waals surface area contributed by atoms with Crippen LogP contribution in [0.3, 0.4) is 0 Å². The van der Waals surface area contributed by atoms with Crippen molar-refractivity contribution < 1.29 is 9.53 Å². The van der Waals surface area contributed by atoms with Crippen molar-refractivity contribution in [2.45, 2.75) is 32.7 Å². The Bertz CT molecular complexity index is 1110. The number of nitrogens with one attached hydrogen (secondary N) is 2. The first-order valence-electron chi connectivity index (χ1n) is 10.1. The van der Waals surface area contributed by atoms with E-state index < -0.39 is 0 Å². The predicted molar refractivity (Wildman–Crippen MR) is 116 cm³/mol. The van der Waals surface area contributed by atoms with E-state index >= 15 is 0 Å². The molecule has 2 aromatic heterocycles. The molecular formula is C23H26N4O2. The van der Waals surface area contributed by atoms with Crippen LogP contribution in [0.2, 0.25) is 0 Å². The number of ether oxygens (including phenoxy) is 1. The zero-order valence-electron chi connectivity index (χ0n) is 16.6. The zero-order chi connectivity index (χ0) is 20.1. The minimum absolute atomic E-state index is 0.0309. The van der Waals surface area contributed by atoms with Gasteiger partial charge in [-0.3, -0.25) is 10.1 Å². The van der Waals surface area contributed by atoms with Crippen molar-refractivity contribution in [2.75, 3.05) is 18.5 Å². The molecule has 0 aliphatic carbocycles. The molecular weight excluding hydrogens is 364 g/mol. The number of imidazole rings is 1. The molecule has 4 aromatic rings. The first-order chi connectivity index (χ1) is 14.3. The van der Waals surface area contributed by atoms with E-state index in [1.807, 2.05) is 55.6 Å². The van der Waals surface area contributed by atoms with Crippen LogP contribution in [0, 0.1) is 0 Å². The smallest absolute Gasteiger partial charge is 0.227 e. The highest BCUT2D eigenvalue weighted by atomic mass is 16.5. The number of aryl methyl sites for hydroxylation is 2. The second-order valence-corrected chi connectivity index (χ2v) is 7.03. The summed E-state index contributed by atoms with van der Waals surface area (Å²) >= 11 is 0. The maximum Gasteiger partial charge on any atom is 0.227 e. The monoisotopic (exact) mass is 390 g/mol. The summed E-state index contributed by atoms with van der Waals surface area (Å²) in [6.45, 7) is 4.14. The summed E-state index contributed by atoms with van der Waals surface area (Å²) in [6, 6.07) is 16.1. The number of H-pyrrole nitrogens is 1. The number of amides is 1. The van der Waals surface area contributed by atoms with Crippen LogP contribution in [0.4, 0.5) is 5.95 Å². The van der Waals surface area contributed by atoms with Gasteiger partial charge >= 0.3 is 0 Å². The Morgan fingerprint density at radius 2 is 2.00 bits per heavy atom. The van der Waals surface area contributed by atoms with E-state index in [1.165, 1.54) is 5.39 Å². The predicted octanol–water partition coefficient (Wildman–Crippen LogP) is 4.52. The van der Waals surface area contributed by atoms with Crippen LogP contribution in [0.25, 0.3) is 21.9 Å². The lowest BCUT2D eigenvalue weighted by Crippen LogP contribution is -2.17. The number of hydrogen-bond donors (Lipinski definition) is 2. The number of aromatic nitrogens is 3. The largest absolute Gasteiger partial charge is 0.382 e. The molecule has 0 saturated heterocycles. The maximum absolute atomic E-state index is 12.6. The molecule has 0 fully saturated rings. The van der Waals surface area contributed by atoms with Crippen LogP contribution >= 0.6 is 0 Å². The minimum Gasteiger partial charge on any atom is -0.382 e. The number of hydrogen-bond acceptors (Lipinski definition) is 3. The molecule has 0 saturated carbocycles. The normalized spacial score (nSPS) is 11.3. The second kappa shape index (κ2) is 8.92. The molecule has 4 rings (SSSR count). The summed E-state index contributed by atoms with van der Waals surface area (Å²) in [5.41, 5.74) is 4.16. The van der Waals surface area contributed by atoms with E-state index in [-0.39, 0.29) is 5.91 Å². The Hall–Kier alpha value is -3.12. The molecule has 6 heteroatoms. The molecule has 2 heterocycles. The third kappa shape index (κ3) is 4.32. The SMILES string of the molecule is CCOCCCn1c(NC(=O)CCc2c[nH]c3ccccc23)nc2ccccc21. The average molecular weight is 390 g/mol. The number of fused-ring (bicyclic) bond motifs is 2. The molecule has 0 bridgehead atoms. The molecule has 2 aromatic carbocycles. The second-order valence-electron chi connectivity index (χ2n) is 7.03. The number of nitrogens with zero attached hydrogens (tertiary/aromatic N) is 2. The van der Waals surface area contributed by atoms with Gasteiger partial charge in [0.25, 0.3) is 0 Å². The third-order valence-corrected chi connectivity index (χ3v) is 5.08. The van der Waals surface area contributed by atoms with E-state index in [0.29, 0.717) is 32.0 Å². The fourth-order valence-corrected chi connectivity index (χ4v) is 3.64. The van der Waals surface area contributed by atoms with Gasteiger partial charge in [-0.05, 0) is 43.5 Å². The summed E-state index contributed by atoms with van der Waals surface area (Å²) in [5, 5.41) is 4.18.